The molecule has 2 rings (SSSR count). The molecular formula is C12H17N4O+. The van der Waals surface area contributed by atoms with Crippen LogP contribution in [0.2, 0.25) is 0 Å². The van der Waals surface area contributed by atoms with Crippen molar-refractivity contribution in [3.05, 3.63) is 30.5 Å². The van der Waals surface area contributed by atoms with Crippen molar-refractivity contribution < 1.29 is 9.41 Å². The molecule has 0 spiro atoms. The lowest BCUT2D eigenvalue weighted by Crippen LogP contribution is -2.39. The lowest BCUT2D eigenvalue weighted by molar-refractivity contribution is -0.480. The maximum absolute atomic E-state index is 5.76. The first kappa shape index (κ1) is 11.4. The summed E-state index contributed by atoms with van der Waals surface area (Å²) >= 11 is 0. The van der Waals surface area contributed by atoms with E-state index < -0.39 is 0 Å². The monoisotopic (exact) mass is 233 g/mol. The third kappa shape index (κ3) is 2.22. The Kier molecular flexibility index (Phi) is 2.99. The highest BCUT2D eigenvalue weighted by atomic mass is 16.7. The predicted molar refractivity (Wildman–Crippen MR) is 67.1 cm³/mol. The molecular weight excluding hydrogens is 216 g/mol. The summed E-state index contributed by atoms with van der Waals surface area (Å²) in [6.45, 7) is 0. The number of para-hydroxylation sites is 1. The summed E-state index contributed by atoms with van der Waals surface area (Å²) in [4.78, 5) is 9.20. The van der Waals surface area contributed by atoms with E-state index in [1.54, 1.807) is 6.20 Å². The van der Waals surface area contributed by atoms with Crippen LogP contribution in [0.3, 0.4) is 0 Å². The maximum atomic E-state index is 5.76. The number of rotatable bonds is 1. The summed E-state index contributed by atoms with van der Waals surface area (Å²) in [7, 11) is 7.73. The molecule has 1 heterocycles. The Balaban J connectivity index is 2.39. The zero-order chi connectivity index (χ0) is 12.4. The van der Waals surface area contributed by atoms with Crippen LogP contribution < -0.4 is 4.84 Å². The molecule has 2 aromatic rings. The zero-order valence-electron chi connectivity index (χ0n) is 10.6. The average molecular weight is 233 g/mol. The summed E-state index contributed by atoms with van der Waals surface area (Å²) < 4.78 is 1.90. The fraction of sp³-hybridized carbons (Fsp3) is 0.333. The fourth-order valence-corrected chi connectivity index (χ4v) is 1.66. The van der Waals surface area contributed by atoms with E-state index in [4.69, 9.17) is 4.84 Å². The fourth-order valence-electron chi connectivity index (χ4n) is 1.66. The molecule has 0 bridgehead atoms. The molecule has 0 radical (unpaired) electrons. The number of hydrogen-bond acceptors (Lipinski definition) is 2. The molecule has 0 amide bonds. The number of fused-ring (bicyclic) bond motifs is 1. The molecule has 0 atom stereocenters. The van der Waals surface area contributed by atoms with E-state index in [9.17, 15) is 0 Å². The van der Waals surface area contributed by atoms with Gasteiger partial charge in [0.1, 0.15) is 5.52 Å². The van der Waals surface area contributed by atoms with E-state index in [0.717, 1.165) is 16.9 Å². The molecule has 0 aliphatic carbocycles. The van der Waals surface area contributed by atoms with Crippen molar-refractivity contribution in [2.45, 2.75) is 0 Å². The second-order valence-corrected chi connectivity index (χ2v) is 4.24. The Hall–Kier alpha value is -2.04. The van der Waals surface area contributed by atoms with Gasteiger partial charge in [0.2, 0.25) is 0 Å². The van der Waals surface area contributed by atoms with Crippen LogP contribution in [0.4, 0.5) is 0 Å². The number of hydrogen-bond donors (Lipinski definition) is 0. The Labute approximate surface area is 100 Å². The van der Waals surface area contributed by atoms with Gasteiger partial charge < -0.3 is 0 Å². The molecule has 1 aromatic carbocycles. The molecule has 0 fully saturated rings. The quantitative estimate of drug-likeness (QED) is 0.412. The van der Waals surface area contributed by atoms with E-state index in [-0.39, 0.29) is 0 Å². The first-order valence-corrected chi connectivity index (χ1v) is 5.42. The van der Waals surface area contributed by atoms with Crippen molar-refractivity contribution in [3.8, 4) is 0 Å². The Morgan fingerprint density at radius 3 is 2.65 bits per heavy atom. The number of benzene rings is 1. The molecule has 0 saturated carbocycles. The first-order chi connectivity index (χ1) is 8.09. The number of nitrogens with zero attached hydrogens (tertiary/aromatic N) is 4. The van der Waals surface area contributed by atoms with Gasteiger partial charge in [0, 0.05) is 5.39 Å². The zero-order valence-corrected chi connectivity index (χ0v) is 10.6. The van der Waals surface area contributed by atoms with Gasteiger partial charge in [-0.05, 0) is 6.07 Å². The highest BCUT2D eigenvalue weighted by Gasteiger charge is 2.16. The summed E-state index contributed by atoms with van der Waals surface area (Å²) in [5, 5.41) is 5.28. The van der Waals surface area contributed by atoms with E-state index in [0.29, 0.717) is 0 Å². The van der Waals surface area contributed by atoms with E-state index in [2.05, 4.69) is 5.10 Å². The maximum Gasteiger partial charge on any atom is 0.471 e. The minimum atomic E-state index is 0.721. The second kappa shape index (κ2) is 4.45. The predicted octanol–water partition coefficient (Wildman–Crippen LogP) is 0.655. The van der Waals surface area contributed by atoms with Crippen LogP contribution in [-0.2, 0) is 0 Å². The molecule has 90 valence electrons. The van der Waals surface area contributed by atoms with Crippen molar-refractivity contribution in [1.29, 1.82) is 0 Å². The Morgan fingerprint density at radius 1 is 1.29 bits per heavy atom. The van der Waals surface area contributed by atoms with Crippen LogP contribution in [0.1, 0.15) is 0 Å². The van der Waals surface area contributed by atoms with E-state index in [1.807, 2.05) is 61.9 Å². The standard InChI is InChI=1S/C12H17N4O/c1-14(2)12(15(3)4)17-16-11-8-6-5-7-10(11)9-13-16/h5-9H,1-4H3/q+1. The van der Waals surface area contributed by atoms with E-state index >= 15 is 0 Å². The van der Waals surface area contributed by atoms with Gasteiger partial charge in [-0.2, -0.15) is 0 Å². The Morgan fingerprint density at radius 2 is 2.00 bits per heavy atom. The van der Waals surface area contributed by atoms with Crippen LogP contribution in [0, 0.1) is 0 Å². The summed E-state index contributed by atoms with van der Waals surface area (Å²) in [5.41, 5.74) is 0.953. The highest BCUT2D eigenvalue weighted by molar-refractivity contribution is 5.79. The average Bonchev–Trinajstić information content (AvgIpc) is 2.68. The molecule has 5 heteroatoms. The molecule has 0 N–H and O–H groups in total. The molecule has 0 unspecified atom stereocenters. The van der Waals surface area contributed by atoms with Gasteiger partial charge in [0.05, 0.1) is 34.4 Å². The normalized spacial score (nSPS) is 10.4. The third-order valence-corrected chi connectivity index (χ3v) is 2.38. The molecule has 0 aliphatic heterocycles. The van der Waals surface area contributed by atoms with Gasteiger partial charge in [0.25, 0.3) is 0 Å². The van der Waals surface area contributed by atoms with Gasteiger partial charge in [-0.3, -0.25) is 4.84 Å². The molecule has 0 aliphatic rings. The SMILES string of the molecule is CN(C)C(On1ncc2ccccc21)=[N+](C)C. The van der Waals surface area contributed by atoms with Gasteiger partial charge in [-0.1, -0.05) is 23.0 Å². The van der Waals surface area contributed by atoms with Crippen LogP contribution in [-0.4, -0.2) is 53.6 Å². The van der Waals surface area contributed by atoms with Gasteiger partial charge in [0.15, 0.2) is 0 Å². The molecule has 17 heavy (non-hydrogen) atoms. The first-order valence-electron chi connectivity index (χ1n) is 5.42. The molecule has 0 saturated heterocycles. The number of aromatic nitrogens is 2. The minimum Gasteiger partial charge on any atom is -0.280 e. The van der Waals surface area contributed by atoms with Crippen molar-refractivity contribution in [2.24, 2.45) is 0 Å². The van der Waals surface area contributed by atoms with Crippen LogP contribution in [0.15, 0.2) is 30.5 Å². The van der Waals surface area contributed by atoms with Crippen molar-refractivity contribution in [2.75, 3.05) is 28.2 Å². The lowest BCUT2D eigenvalue weighted by atomic mass is 10.3. The Bertz CT molecular complexity index is 552. The molecule has 1 aromatic heterocycles. The van der Waals surface area contributed by atoms with Crippen LogP contribution >= 0.6 is 0 Å². The van der Waals surface area contributed by atoms with Crippen molar-refractivity contribution in [3.63, 3.8) is 0 Å². The van der Waals surface area contributed by atoms with E-state index in [1.165, 1.54) is 4.85 Å². The minimum absolute atomic E-state index is 0.721. The third-order valence-electron chi connectivity index (χ3n) is 2.38. The second-order valence-electron chi connectivity index (χ2n) is 4.24. The van der Waals surface area contributed by atoms with Gasteiger partial charge in [-0.25, -0.2) is 9.48 Å². The lowest BCUT2D eigenvalue weighted by Gasteiger charge is -2.10. The largest absolute Gasteiger partial charge is 0.471 e. The van der Waals surface area contributed by atoms with Gasteiger partial charge >= 0.3 is 6.02 Å². The highest BCUT2D eigenvalue weighted by Crippen LogP contribution is 2.11. The van der Waals surface area contributed by atoms with Crippen molar-refractivity contribution in [1.82, 2.24) is 14.8 Å². The van der Waals surface area contributed by atoms with Crippen molar-refractivity contribution >= 4 is 16.9 Å². The topological polar surface area (TPSA) is 33.3 Å². The molecule has 5 nitrogen and oxygen atoms in total. The summed E-state index contributed by atoms with van der Waals surface area (Å²) in [6.07, 6.45) is 1.79. The van der Waals surface area contributed by atoms with Crippen LogP contribution in [0.25, 0.3) is 10.9 Å². The van der Waals surface area contributed by atoms with Gasteiger partial charge in [-0.15, -0.1) is 5.10 Å². The van der Waals surface area contributed by atoms with Crippen LogP contribution in [0.5, 0.6) is 0 Å². The summed E-state index contributed by atoms with van der Waals surface area (Å²) in [5.74, 6) is 0. The number of amidine groups is 1. The summed E-state index contributed by atoms with van der Waals surface area (Å²) in [6, 6.07) is 8.66. The smallest absolute Gasteiger partial charge is 0.280 e.